The highest BCUT2D eigenvalue weighted by molar-refractivity contribution is 8.01. The van der Waals surface area contributed by atoms with E-state index in [0.29, 0.717) is 30.7 Å². The van der Waals surface area contributed by atoms with Crippen LogP contribution in [0.1, 0.15) is 31.4 Å². The molecule has 5 rings (SSSR count). The Kier molecular flexibility index (Phi) is 7.05. The lowest BCUT2D eigenvalue weighted by Gasteiger charge is -2.26. The normalized spacial score (nSPS) is 17.0. The minimum atomic E-state index is 0.0608. The van der Waals surface area contributed by atoms with Crippen LogP contribution in [-0.4, -0.2) is 53.1 Å². The summed E-state index contributed by atoms with van der Waals surface area (Å²) in [4.78, 5) is 15.0. The van der Waals surface area contributed by atoms with Crippen molar-refractivity contribution >= 4 is 39.8 Å². The van der Waals surface area contributed by atoms with Crippen LogP contribution >= 0.6 is 23.1 Å². The number of benzene rings is 2. The Hall–Kier alpha value is -2.98. The third-order valence-electron chi connectivity index (χ3n) is 5.68. The number of aromatic nitrogens is 2. The monoisotopic (exact) mass is 498 g/mol. The predicted octanol–water partition coefficient (Wildman–Crippen LogP) is 4.91. The summed E-state index contributed by atoms with van der Waals surface area (Å²) in [5.74, 6) is 2.73. The van der Waals surface area contributed by atoms with E-state index in [1.54, 1.807) is 0 Å². The van der Waals surface area contributed by atoms with E-state index in [-0.39, 0.29) is 11.9 Å². The summed E-state index contributed by atoms with van der Waals surface area (Å²) in [5.41, 5.74) is 1.93. The number of likely N-dealkylation sites (tertiary alicyclic amines) is 1. The van der Waals surface area contributed by atoms with Gasteiger partial charge < -0.3 is 24.4 Å². The molecular weight excluding hydrogens is 472 g/mol. The van der Waals surface area contributed by atoms with E-state index in [0.717, 1.165) is 52.2 Å². The highest BCUT2D eigenvalue weighted by Gasteiger charge is 2.31. The zero-order chi connectivity index (χ0) is 23.3. The van der Waals surface area contributed by atoms with E-state index in [2.05, 4.69) is 15.5 Å². The van der Waals surface area contributed by atoms with Gasteiger partial charge in [0.15, 0.2) is 15.8 Å². The summed E-state index contributed by atoms with van der Waals surface area (Å²) in [7, 11) is 0. The Balaban J connectivity index is 1.20. The van der Waals surface area contributed by atoms with Gasteiger partial charge in [0.05, 0.1) is 24.1 Å². The van der Waals surface area contributed by atoms with Crippen LogP contribution in [0.15, 0.2) is 46.8 Å². The Morgan fingerprint density at radius 3 is 2.94 bits per heavy atom. The van der Waals surface area contributed by atoms with Gasteiger partial charge in [-0.15, -0.1) is 10.2 Å². The third-order valence-corrected chi connectivity index (χ3v) is 7.64. The van der Waals surface area contributed by atoms with E-state index in [1.165, 1.54) is 23.1 Å². The number of para-hydroxylation sites is 2. The van der Waals surface area contributed by atoms with Gasteiger partial charge in [-0.25, -0.2) is 0 Å². The lowest BCUT2D eigenvalue weighted by atomic mass is 10.0. The summed E-state index contributed by atoms with van der Waals surface area (Å²) in [6, 6.07) is 13.8. The molecule has 0 bridgehead atoms. The van der Waals surface area contributed by atoms with Crippen LogP contribution < -0.4 is 19.5 Å². The molecule has 1 saturated heterocycles. The molecule has 3 aromatic rings. The summed E-state index contributed by atoms with van der Waals surface area (Å²) in [6.07, 6.45) is 1.93. The zero-order valence-electron chi connectivity index (χ0n) is 18.9. The number of rotatable bonds is 8. The van der Waals surface area contributed by atoms with Gasteiger partial charge in [-0.05, 0) is 49.6 Å². The maximum absolute atomic E-state index is 13.1. The van der Waals surface area contributed by atoms with Gasteiger partial charge in [0.1, 0.15) is 19.0 Å². The lowest BCUT2D eigenvalue weighted by molar-refractivity contribution is -0.129. The minimum absolute atomic E-state index is 0.0608. The van der Waals surface area contributed by atoms with Crippen molar-refractivity contribution in [2.24, 2.45) is 0 Å². The molecule has 3 heterocycles. The average molecular weight is 499 g/mol. The van der Waals surface area contributed by atoms with Crippen molar-refractivity contribution in [3.05, 3.63) is 48.0 Å². The van der Waals surface area contributed by atoms with E-state index in [9.17, 15) is 4.79 Å². The molecule has 0 saturated carbocycles. The molecule has 0 radical (unpaired) electrons. The van der Waals surface area contributed by atoms with Crippen LogP contribution in [0.2, 0.25) is 0 Å². The molecule has 0 spiro atoms. The van der Waals surface area contributed by atoms with Gasteiger partial charge in [-0.3, -0.25) is 4.79 Å². The molecule has 2 aliphatic rings. The smallest absolute Gasteiger partial charge is 0.233 e. The number of fused-ring (bicyclic) bond motifs is 1. The molecule has 1 atom stereocenters. The Labute approximate surface area is 206 Å². The van der Waals surface area contributed by atoms with Crippen molar-refractivity contribution in [1.82, 2.24) is 15.1 Å². The molecule has 178 valence electrons. The number of hydrogen-bond acceptors (Lipinski definition) is 9. The van der Waals surface area contributed by atoms with Crippen LogP contribution in [0.25, 0.3) is 0 Å². The van der Waals surface area contributed by atoms with Gasteiger partial charge in [-0.2, -0.15) is 0 Å². The van der Waals surface area contributed by atoms with Crippen LogP contribution in [0.5, 0.6) is 17.2 Å². The van der Waals surface area contributed by atoms with Crippen molar-refractivity contribution in [1.29, 1.82) is 0 Å². The molecule has 1 fully saturated rings. The SMILES string of the molecule is CCOc1ccccc1Nc1nnc(SCC(=O)N2CCCC2c2ccc3c(c2)OCCO3)s1. The maximum atomic E-state index is 13.1. The van der Waals surface area contributed by atoms with Crippen molar-refractivity contribution in [2.75, 3.05) is 37.4 Å². The fourth-order valence-corrected chi connectivity index (χ4v) is 5.82. The van der Waals surface area contributed by atoms with Crippen molar-refractivity contribution in [2.45, 2.75) is 30.1 Å². The molecule has 10 heteroatoms. The molecule has 1 amide bonds. The zero-order valence-corrected chi connectivity index (χ0v) is 20.5. The molecule has 2 aromatic carbocycles. The predicted molar refractivity (Wildman–Crippen MR) is 133 cm³/mol. The first-order chi connectivity index (χ1) is 16.7. The topological polar surface area (TPSA) is 85.8 Å². The number of thioether (sulfide) groups is 1. The Morgan fingerprint density at radius 1 is 1.21 bits per heavy atom. The third kappa shape index (κ3) is 5.07. The van der Waals surface area contributed by atoms with E-state index < -0.39 is 0 Å². The molecule has 34 heavy (non-hydrogen) atoms. The van der Waals surface area contributed by atoms with Gasteiger partial charge in [0.25, 0.3) is 0 Å². The fourth-order valence-electron chi connectivity index (χ4n) is 4.17. The standard InChI is InChI=1S/C24H26N4O4S2/c1-2-30-19-8-4-3-6-17(19)25-23-26-27-24(34-23)33-15-22(29)28-11-5-7-18(28)16-9-10-20-21(14-16)32-13-12-31-20/h3-4,6,8-10,14,18H,2,5,7,11-13,15H2,1H3,(H,25,26). The van der Waals surface area contributed by atoms with Crippen molar-refractivity contribution in [3.63, 3.8) is 0 Å². The highest BCUT2D eigenvalue weighted by Crippen LogP contribution is 2.39. The number of anilines is 2. The van der Waals surface area contributed by atoms with Gasteiger partial charge in [0.2, 0.25) is 11.0 Å². The largest absolute Gasteiger partial charge is 0.492 e. The highest BCUT2D eigenvalue weighted by atomic mass is 32.2. The summed E-state index contributed by atoms with van der Waals surface area (Å²) in [5, 5.41) is 12.4. The number of hydrogen-bond donors (Lipinski definition) is 1. The van der Waals surface area contributed by atoms with Gasteiger partial charge in [-0.1, -0.05) is 41.3 Å². The number of amides is 1. The number of carbonyl (C=O) groups is 1. The molecule has 1 N–H and O–H groups in total. The first kappa shape index (κ1) is 22.8. The molecule has 1 aromatic heterocycles. The quantitative estimate of drug-likeness (QED) is 0.439. The average Bonchev–Trinajstić information content (AvgIpc) is 3.53. The molecular formula is C24H26N4O4S2. The first-order valence-electron chi connectivity index (χ1n) is 11.4. The second-order valence-corrected chi connectivity index (χ2v) is 10.1. The van der Waals surface area contributed by atoms with Crippen molar-refractivity contribution in [3.8, 4) is 17.2 Å². The molecule has 1 unspecified atom stereocenters. The van der Waals surface area contributed by atoms with Crippen LogP contribution in [-0.2, 0) is 4.79 Å². The molecule has 2 aliphatic heterocycles. The minimum Gasteiger partial charge on any atom is -0.492 e. The maximum Gasteiger partial charge on any atom is 0.233 e. The van der Waals surface area contributed by atoms with Crippen LogP contribution in [0.3, 0.4) is 0 Å². The second-order valence-electron chi connectivity index (χ2n) is 7.86. The summed E-state index contributed by atoms with van der Waals surface area (Å²) < 4.78 is 17.8. The number of ether oxygens (including phenoxy) is 3. The fraction of sp³-hybridized carbons (Fsp3) is 0.375. The van der Waals surface area contributed by atoms with Crippen LogP contribution in [0, 0.1) is 0 Å². The van der Waals surface area contributed by atoms with E-state index >= 15 is 0 Å². The van der Waals surface area contributed by atoms with Crippen LogP contribution in [0.4, 0.5) is 10.8 Å². The van der Waals surface area contributed by atoms with E-state index in [4.69, 9.17) is 14.2 Å². The second kappa shape index (κ2) is 10.5. The molecule has 8 nitrogen and oxygen atoms in total. The van der Waals surface area contributed by atoms with E-state index in [1.807, 2.05) is 54.3 Å². The van der Waals surface area contributed by atoms with Gasteiger partial charge in [0, 0.05) is 6.54 Å². The lowest BCUT2D eigenvalue weighted by Crippen LogP contribution is -2.32. The number of nitrogens with one attached hydrogen (secondary N) is 1. The summed E-state index contributed by atoms with van der Waals surface area (Å²) in [6.45, 7) is 4.42. The Bertz CT molecular complexity index is 1160. The van der Waals surface area contributed by atoms with Crippen molar-refractivity contribution < 1.29 is 19.0 Å². The summed E-state index contributed by atoms with van der Waals surface area (Å²) >= 11 is 2.84. The number of nitrogens with zero attached hydrogens (tertiary/aromatic N) is 3. The first-order valence-corrected chi connectivity index (χ1v) is 13.2. The molecule has 0 aliphatic carbocycles. The number of carbonyl (C=O) groups excluding carboxylic acids is 1. The van der Waals surface area contributed by atoms with Gasteiger partial charge >= 0.3 is 0 Å². The Morgan fingerprint density at radius 2 is 2.06 bits per heavy atom.